The summed E-state index contributed by atoms with van der Waals surface area (Å²) in [6.07, 6.45) is 9.40. The van der Waals surface area contributed by atoms with Crippen molar-refractivity contribution in [2.75, 3.05) is 42.6 Å². The number of piperazine rings is 1. The molecule has 7 heteroatoms. The Bertz CT molecular complexity index is 922. The van der Waals surface area contributed by atoms with Gasteiger partial charge in [-0.1, -0.05) is 0 Å². The van der Waals surface area contributed by atoms with E-state index in [0.29, 0.717) is 11.8 Å². The van der Waals surface area contributed by atoms with Crippen LogP contribution in [-0.2, 0) is 0 Å². The number of anilines is 2. The van der Waals surface area contributed by atoms with E-state index < -0.39 is 0 Å². The summed E-state index contributed by atoms with van der Waals surface area (Å²) in [5, 5.41) is 0.993. The standard InChI is InChI=1S/C20H22N6O/c1-2-15(1)13-27-20-17-11-16(3-4-18(17)23-14-24-20)25-7-9-26(10-8-25)19-12-21-5-6-22-19/h3-6,11-12,14-15H,1-2,7-10,13H2. The predicted octanol–water partition coefficient (Wildman–Crippen LogP) is 2.54. The van der Waals surface area contributed by atoms with Gasteiger partial charge in [0.25, 0.3) is 0 Å². The van der Waals surface area contributed by atoms with E-state index in [0.717, 1.165) is 49.5 Å². The Morgan fingerprint density at radius 3 is 2.59 bits per heavy atom. The van der Waals surface area contributed by atoms with Gasteiger partial charge in [-0.2, -0.15) is 0 Å². The van der Waals surface area contributed by atoms with Crippen molar-refractivity contribution in [2.24, 2.45) is 5.92 Å². The number of ether oxygens (including phenoxy) is 1. The number of nitrogens with zero attached hydrogens (tertiary/aromatic N) is 6. The van der Waals surface area contributed by atoms with Crippen LogP contribution < -0.4 is 14.5 Å². The highest BCUT2D eigenvalue weighted by Gasteiger charge is 2.23. The number of hydrogen-bond donors (Lipinski definition) is 0. The van der Waals surface area contributed by atoms with Gasteiger partial charge in [0.15, 0.2) is 0 Å². The predicted molar refractivity (Wildman–Crippen MR) is 104 cm³/mol. The first-order valence-electron chi connectivity index (χ1n) is 9.50. The van der Waals surface area contributed by atoms with Crippen LogP contribution in [0.5, 0.6) is 5.88 Å². The summed E-state index contributed by atoms with van der Waals surface area (Å²) in [4.78, 5) is 22.0. The lowest BCUT2D eigenvalue weighted by Gasteiger charge is -2.36. The van der Waals surface area contributed by atoms with Crippen LogP contribution >= 0.6 is 0 Å². The van der Waals surface area contributed by atoms with Gasteiger partial charge in [-0.25, -0.2) is 15.0 Å². The zero-order valence-electron chi connectivity index (χ0n) is 15.2. The average Bonchev–Trinajstić information content (AvgIpc) is 3.57. The molecule has 1 aliphatic carbocycles. The Hall–Kier alpha value is -2.96. The minimum atomic E-state index is 0.701. The van der Waals surface area contributed by atoms with Crippen LogP contribution in [0.4, 0.5) is 11.5 Å². The minimum absolute atomic E-state index is 0.701. The monoisotopic (exact) mass is 362 g/mol. The van der Waals surface area contributed by atoms with Crippen molar-refractivity contribution in [3.05, 3.63) is 43.1 Å². The normalized spacial score (nSPS) is 17.3. The molecule has 1 saturated heterocycles. The van der Waals surface area contributed by atoms with Crippen LogP contribution in [0.3, 0.4) is 0 Å². The molecule has 0 amide bonds. The van der Waals surface area contributed by atoms with Crippen LogP contribution in [0.15, 0.2) is 43.1 Å². The van der Waals surface area contributed by atoms with Crippen molar-refractivity contribution in [2.45, 2.75) is 12.8 Å². The molecule has 27 heavy (non-hydrogen) atoms. The van der Waals surface area contributed by atoms with Crippen molar-refractivity contribution < 1.29 is 4.74 Å². The van der Waals surface area contributed by atoms with E-state index in [1.54, 1.807) is 18.7 Å². The van der Waals surface area contributed by atoms with E-state index in [1.165, 1.54) is 18.5 Å². The van der Waals surface area contributed by atoms with E-state index >= 15 is 0 Å². The molecule has 1 aliphatic heterocycles. The lowest BCUT2D eigenvalue weighted by molar-refractivity contribution is 0.292. The number of fused-ring (bicyclic) bond motifs is 1. The third kappa shape index (κ3) is 3.49. The third-order valence-electron chi connectivity index (χ3n) is 5.25. The maximum Gasteiger partial charge on any atom is 0.224 e. The molecule has 2 fully saturated rings. The Morgan fingerprint density at radius 1 is 0.963 bits per heavy atom. The molecule has 0 N–H and O–H groups in total. The fourth-order valence-electron chi connectivity index (χ4n) is 3.46. The molecular formula is C20H22N6O. The first kappa shape index (κ1) is 16.2. The van der Waals surface area contributed by atoms with Gasteiger partial charge >= 0.3 is 0 Å². The Balaban J connectivity index is 1.33. The second-order valence-corrected chi connectivity index (χ2v) is 7.17. The van der Waals surface area contributed by atoms with Crippen molar-refractivity contribution >= 4 is 22.4 Å². The topological polar surface area (TPSA) is 67.3 Å². The zero-order valence-corrected chi connectivity index (χ0v) is 15.2. The molecule has 1 saturated carbocycles. The van der Waals surface area contributed by atoms with Crippen LogP contribution in [0, 0.1) is 5.92 Å². The SMILES string of the molecule is c1cnc(N2CCN(c3ccc4ncnc(OCC5CC5)c4c3)CC2)cn1. The van der Waals surface area contributed by atoms with Crippen molar-refractivity contribution in [3.8, 4) is 5.88 Å². The van der Waals surface area contributed by atoms with Crippen molar-refractivity contribution in [1.29, 1.82) is 0 Å². The fourth-order valence-corrected chi connectivity index (χ4v) is 3.46. The van der Waals surface area contributed by atoms with Gasteiger partial charge in [0.1, 0.15) is 12.1 Å². The summed E-state index contributed by atoms with van der Waals surface area (Å²) in [5.74, 6) is 2.35. The van der Waals surface area contributed by atoms with E-state index in [-0.39, 0.29) is 0 Å². The minimum Gasteiger partial charge on any atom is -0.477 e. The molecule has 0 spiro atoms. The van der Waals surface area contributed by atoms with E-state index in [4.69, 9.17) is 4.74 Å². The maximum atomic E-state index is 5.97. The number of hydrogen-bond acceptors (Lipinski definition) is 7. The molecule has 0 unspecified atom stereocenters. The highest BCUT2D eigenvalue weighted by Crippen LogP contribution is 2.32. The van der Waals surface area contributed by atoms with E-state index in [1.807, 2.05) is 6.20 Å². The van der Waals surface area contributed by atoms with Crippen LogP contribution in [0.25, 0.3) is 10.9 Å². The largest absolute Gasteiger partial charge is 0.477 e. The molecule has 1 aromatic carbocycles. The molecule has 3 aromatic rings. The number of rotatable bonds is 5. The van der Waals surface area contributed by atoms with Gasteiger partial charge in [-0.15, -0.1) is 0 Å². The van der Waals surface area contributed by atoms with Gasteiger partial charge in [0.2, 0.25) is 5.88 Å². The van der Waals surface area contributed by atoms with E-state index in [9.17, 15) is 0 Å². The Kier molecular flexibility index (Phi) is 4.20. The first-order valence-corrected chi connectivity index (χ1v) is 9.50. The molecule has 0 atom stereocenters. The summed E-state index contributed by atoms with van der Waals surface area (Å²) in [6, 6.07) is 6.36. The van der Waals surface area contributed by atoms with Gasteiger partial charge in [-0.05, 0) is 37.0 Å². The van der Waals surface area contributed by atoms with Gasteiger partial charge in [0, 0.05) is 44.3 Å². The highest BCUT2D eigenvalue weighted by molar-refractivity contribution is 5.86. The van der Waals surface area contributed by atoms with Crippen molar-refractivity contribution in [3.63, 3.8) is 0 Å². The van der Waals surface area contributed by atoms with Crippen molar-refractivity contribution in [1.82, 2.24) is 19.9 Å². The third-order valence-corrected chi connectivity index (χ3v) is 5.25. The van der Waals surface area contributed by atoms with E-state index in [2.05, 4.69) is 47.9 Å². The summed E-state index contributed by atoms with van der Waals surface area (Å²) in [6.45, 7) is 4.48. The van der Waals surface area contributed by atoms with Gasteiger partial charge in [-0.3, -0.25) is 4.98 Å². The highest BCUT2D eigenvalue weighted by atomic mass is 16.5. The molecule has 138 valence electrons. The molecule has 7 nitrogen and oxygen atoms in total. The molecular weight excluding hydrogens is 340 g/mol. The molecule has 2 aromatic heterocycles. The summed E-state index contributed by atoms with van der Waals surface area (Å²) in [5.41, 5.74) is 2.12. The quantitative estimate of drug-likeness (QED) is 0.691. The second kappa shape index (κ2) is 6.98. The molecule has 3 heterocycles. The van der Waals surface area contributed by atoms with Gasteiger partial charge in [0.05, 0.1) is 23.7 Å². The maximum absolute atomic E-state index is 5.97. The molecule has 2 aliphatic rings. The summed E-state index contributed by atoms with van der Waals surface area (Å²) < 4.78 is 5.97. The lowest BCUT2D eigenvalue weighted by atomic mass is 10.2. The molecule has 5 rings (SSSR count). The van der Waals surface area contributed by atoms with Gasteiger partial charge < -0.3 is 14.5 Å². The van der Waals surface area contributed by atoms with Crippen LogP contribution in [-0.4, -0.2) is 52.7 Å². The lowest BCUT2D eigenvalue weighted by Crippen LogP contribution is -2.46. The number of aromatic nitrogens is 4. The summed E-state index contributed by atoms with van der Waals surface area (Å²) in [7, 11) is 0. The zero-order chi connectivity index (χ0) is 18.1. The summed E-state index contributed by atoms with van der Waals surface area (Å²) >= 11 is 0. The Labute approximate surface area is 158 Å². The molecule has 0 radical (unpaired) electrons. The fraction of sp³-hybridized carbons (Fsp3) is 0.400. The number of benzene rings is 1. The smallest absolute Gasteiger partial charge is 0.224 e. The Morgan fingerprint density at radius 2 is 1.81 bits per heavy atom. The second-order valence-electron chi connectivity index (χ2n) is 7.17. The van der Waals surface area contributed by atoms with Crippen LogP contribution in [0.1, 0.15) is 12.8 Å². The average molecular weight is 362 g/mol. The molecule has 0 bridgehead atoms. The first-order chi connectivity index (χ1) is 13.4. The van der Waals surface area contributed by atoms with Crippen LogP contribution in [0.2, 0.25) is 0 Å².